The van der Waals surface area contributed by atoms with Crippen LogP contribution in [0.25, 0.3) is 0 Å². The first-order valence-corrected chi connectivity index (χ1v) is 9.66. The monoisotopic (exact) mass is 344 g/mol. The van der Waals surface area contributed by atoms with Crippen LogP contribution in [0.1, 0.15) is 38.2 Å². The van der Waals surface area contributed by atoms with Crippen LogP contribution >= 0.6 is 0 Å². The van der Waals surface area contributed by atoms with E-state index >= 15 is 0 Å². The fourth-order valence-electron chi connectivity index (χ4n) is 4.02. The first-order chi connectivity index (χ1) is 12.3. The average molecular weight is 344 g/mol. The predicted molar refractivity (Wildman–Crippen MR) is 95.8 cm³/mol. The van der Waals surface area contributed by atoms with Crippen molar-refractivity contribution in [2.45, 2.75) is 45.2 Å². The summed E-state index contributed by atoms with van der Waals surface area (Å²) in [4.78, 5) is 14.4. The van der Waals surface area contributed by atoms with Crippen molar-refractivity contribution in [1.82, 2.24) is 10.2 Å². The van der Waals surface area contributed by atoms with Crippen molar-refractivity contribution in [2.24, 2.45) is 11.8 Å². The van der Waals surface area contributed by atoms with Crippen molar-refractivity contribution in [2.75, 3.05) is 26.3 Å². The molecule has 2 aliphatic heterocycles. The van der Waals surface area contributed by atoms with E-state index in [9.17, 15) is 4.79 Å². The molecule has 4 rings (SSSR count). The molecule has 2 fully saturated rings. The van der Waals surface area contributed by atoms with Crippen molar-refractivity contribution >= 4 is 5.91 Å². The summed E-state index contributed by atoms with van der Waals surface area (Å²) >= 11 is 0. The molecule has 0 unspecified atom stereocenters. The molecule has 2 heterocycles. The number of benzene rings is 1. The Morgan fingerprint density at radius 2 is 2.08 bits per heavy atom. The quantitative estimate of drug-likeness (QED) is 0.892. The third-order valence-corrected chi connectivity index (χ3v) is 5.70. The highest BCUT2D eigenvalue weighted by Crippen LogP contribution is 2.35. The smallest absolute Gasteiger partial charge is 0.225 e. The van der Waals surface area contributed by atoms with Gasteiger partial charge in [0, 0.05) is 37.2 Å². The lowest BCUT2D eigenvalue weighted by atomic mass is 9.89. The van der Waals surface area contributed by atoms with E-state index in [1.807, 2.05) is 12.1 Å². The first-order valence-electron chi connectivity index (χ1n) is 9.66. The molecular formula is C20H28N2O3. The van der Waals surface area contributed by atoms with Gasteiger partial charge in [0.15, 0.2) is 11.5 Å². The van der Waals surface area contributed by atoms with Crippen LogP contribution in [-0.4, -0.2) is 43.2 Å². The number of amides is 1. The minimum absolute atomic E-state index is 0.329. The SMILES string of the molecule is CC[C@@H]1CN(C(=O)C2CC2)CC[C@@H]1NCc1cccc2c1OCCO2. The molecule has 136 valence electrons. The van der Waals surface area contributed by atoms with Crippen LogP contribution in [0.2, 0.25) is 0 Å². The minimum atomic E-state index is 0.329. The molecule has 1 saturated heterocycles. The standard InChI is InChI=1S/C20H28N2O3/c1-2-14-13-22(20(23)15-6-7-15)9-8-17(14)21-12-16-4-3-5-18-19(16)25-11-10-24-18/h3-5,14-15,17,21H,2,6-13H2,1H3/t14-,17+/m1/s1. The van der Waals surface area contributed by atoms with Crippen molar-refractivity contribution < 1.29 is 14.3 Å². The number of hydrogen-bond donors (Lipinski definition) is 1. The highest BCUT2D eigenvalue weighted by molar-refractivity contribution is 5.81. The Hall–Kier alpha value is -1.75. The lowest BCUT2D eigenvalue weighted by molar-refractivity contribution is -0.134. The summed E-state index contributed by atoms with van der Waals surface area (Å²) in [5, 5.41) is 3.72. The summed E-state index contributed by atoms with van der Waals surface area (Å²) in [6.07, 6.45) is 4.31. The zero-order chi connectivity index (χ0) is 17.2. The number of piperidine rings is 1. The van der Waals surface area contributed by atoms with Gasteiger partial charge in [-0.1, -0.05) is 25.5 Å². The zero-order valence-electron chi connectivity index (χ0n) is 15.0. The van der Waals surface area contributed by atoms with E-state index < -0.39 is 0 Å². The molecule has 0 bridgehead atoms. The molecule has 2 atom stereocenters. The molecule has 0 spiro atoms. The molecule has 1 saturated carbocycles. The van der Waals surface area contributed by atoms with Gasteiger partial charge in [0.1, 0.15) is 13.2 Å². The van der Waals surface area contributed by atoms with E-state index in [0.717, 1.165) is 62.4 Å². The van der Waals surface area contributed by atoms with Crippen LogP contribution in [0, 0.1) is 11.8 Å². The number of likely N-dealkylation sites (tertiary alicyclic amines) is 1. The molecule has 1 amide bonds. The van der Waals surface area contributed by atoms with Gasteiger partial charge < -0.3 is 19.7 Å². The summed E-state index contributed by atoms with van der Waals surface area (Å²) in [7, 11) is 0. The number of nitrogens with zero attached hydrogens (tertiary/aromatic N) is 1. The molecule has 0 aromatic heterocycles. The van der Waals surface area contributed by atoms with Crippen molar-refractivity contribution in [3.05, 3.63) is 23.8 Å². The molecule has 1 aromatic rings. The van der Waals surface area contributed by atoms with Crippen LogP contribution in [0.5, 0.6) is 11.5 Å². The molecule has 1 N–H and O–H groups in total. The molecule has 1 aromatic carbocycles. The van der Waals surface area contributed by atoms with Gasteiger partial charge in [0.05, 0.1) is 0 Å². The number of hydrogen-bond acceptors (Lipinski definition) is 4. The molecule has 5 heteroatoms. The topological polar surface area (TPSA) is 50.8 Å². The van der Waals surface area contributed by atoms with Crippen LogP contribution < -0.4 is 14.8 Å². The Labute approximate surface area is 149 Å². The Morgan fingerprint density at radius 3 is 2.88 bits per heavy atom. The van der Waals surface area contributed by atoms with Crippen LogP contribution in [0.4, 0.5) is 0 Å². The van der Waals surface area contributed by atoms with Gasteiger partial charge >= 0.3 is 0 Å². The lowest BCUT2D eigenvalue weighted by Gasteiger charge is -2.39. The van der Waals surface area contributed by atoms with E-state index in [-0.39, 0.29) is 0 Å². The van der Waals surface area contributed by atoms with Crippen molar-refractivity contribution in [3.8, 4) is 11.5 Å². The van der Waals surface area contributed by atoms with Gasteiger partial charge in [-0.15, -0.1) is 0 Å². The van der Waals surface area contributed by atoms with E-state index in [4.69, 9.17) is 9.47 Å². The van der Waals surface area contributed by atoms with Gasteiger partial charge in [-0.2, -0.15) is 0 Å². The third kappa shape index (κ3) is 3.61. The highest BCUT2D eigenvalue weighted by atomic mass is 16.6. The maximum Gasteiger partial charge on any atom is 0.225 e. The van der Waals surface area contributed by atoms with Crippen LogP contribution in [-0.2, 0) is 11.3 Å². The fraction of sp³-hybridized carbons (Fsp3) is 0.650. The lowest BCUT2D eigenvalue weighted by Crippen LogP contribution is -2.51. The Kier molecular flexibility index (Phi) is 4.84. The fourth-order valence-corrected chi connectivity index (χ4v) is 4.02. The second kappa shape index (κ2) is 7.24. The highest BCUT2D eigenvalue weighted by Gasteiger charge is 2.37. The Balaban J connectivity index is 1.37. The number of carbonyl (C=O) groups is 1. The van der Waals surface area contributed by atoms with Gasteiger partial charge in [-0.25, -0.2) is 0 Å². The second-order valence-electron chi connectivity index (χ2n) is 7.44. The van der Waals surface area contributed by atoms with E-state index in [1.165, 1.54) is 0 Å². The largest absolute Gasteiger partial charge is 0.486 e. The summed E-state index contributed by atoms with van der Waals surface area (Å²) in [5.74, 6) is 2.97. The van der Waals surface area contributed by atoms with Gasteiger partial charge in [0.25, 0.3) is 0 Å². The maximum atomic E-state index is 12.3. The Morgan fingerprint density at radius 1 is 1.24 bits per heavy atom. The van der Waals surface area contributed by atoms with Gasteiger partial charge in [-0.3, -0.25) is 4.79 Å². The number of rotatable bonds is 5. The van der Waals surface area contributed by atoms with E-state index in [2.05, 4.69) is 23.2 Å². The number of ether oxygens (including phenoxy) is 2. The van der Waals surface area contributed by atoms with Crippen molar-refractivity contribution in [1.29, 1.82) is 0 Å². The second-order valence-corrected chi connectivity index (χ2v) is 7.44. The number of para-hydroxylation sites is 1. The molecule has 1 aliphatic carbocycles. The number of carbonyl (C=O) groups excluding carboxylic acids is 1. The molecule has 5 nitrogen and oxygen atoms in total. The maximum absolute atomic E-state index is 12.3. The molecular weight excluding hydrogens is 316 g/mol. The average Bonchev–Trinajstić information content (AvgIpc) is 3.51. The Bertz CT molecular complexity index is 629. The predicted octanol–water partition coefficient (Wildman–Crippen LogP) is 2.58. The molecule has 25 heavy (non-hydrogen) atoms. The van der Waals surface area contributed by atoms with Crippen molar-refractivity contribution in [3.63, 3.8) is 0 Å². The van der Waals surface area contributed by atoms with E-state index in [1.54, 1.807) is 0 Å². The van der Waals surface area contributed by atoms with Gasteiger partial charge in [-0.05, 0) is 31.2 Å². The zero-order valence-corrected chi connectivity index (χ0v) is 15.0. The van der Waals surface area contributed by atoms with E-state index in [0.29, 0.717) is 37.0 Å². The van der Waals surface area contributed by atoms with Gasteiger partial charge in [0.2, 0.25) is 5.91 Å². The number of nitrogens with one attached hydrogen (secondary N) is 1. The normalized spacial score (nSPS) is 25.7. The third-order valence-electron chi connectivity index (χ3n) is 5.70. The minimum Gasteiger partial charge on any atom is -0.486 e. The van der Waals surface area contributed by atoms with Crippen LogP contribution in [0.15, 0.2) is 18.2 Å². The summed E-state index contributed by atoms with van der Waals surface area (Å²) in [6.45, 7) is 6.03. The number of fused-ring (bicyclic) bond motifs is 1. The molecule has 3 aliphatic rings. The first kappa shape index (κ1) is 16.7. The molecule has 0 radical (unpaired) electrons. The summed E-state index contributed by atoms with van der Waals surface area (Å²) in [6, 6.07) is 6.55. The van der Waals surface area contributed by atoms with Crippen LogP contribution in [0.3, 0.4) is 0 Å². The summed E-state index contributed by atoms with van der Waals surface area (Å²) < 4.78 is 11.5. The summed E-state index contributed by atoms with van der Waals surface area (Å²) in [5.41, 5.74) is 1.16.